The molecule has 0 bridgehead atoms. The van der Waals surface area contributed by atoms with Gasteiger partial charge < -0.3 is 9.73 Å². The van der Waals surface area contributed by atoms with Crippen molar-refractivity contribution < 1.29 is 9.21 Å². The molecule has 0 aliphatic carbocycles. The van der Waals surface area contributed by atoms with Crippen molar-refractivity contribution in [2.45, 2.75) is 31.7 Å². The van der Waals surface area contributed by atoms with E-state index < -0.39 is 0 Å². The fourth-order valence-corrected chi connectivity index (χ4v) is 3.99. The first-order chi connectivity index (χ1) is 13.6. The van der Waals surface area contributed by atoms with E-state index in [2.05, 4.69) is 31.1 Å². The molecule has 1 aliphatic rings. The number of nitrogens with one attached hydrogen (secondary N) is 1. The third kappa shape index (κ3) is 4.45. The lowest BCUT2D eigenvalue weighted by molar-refractivity contribution is -0.123. The highest BCUT2D eigenvalue weighted by atomic mass is 79.9. The van der Waals surface area contributed by atoms with Gasteiger partial charge in [0.05, 0.1) is 12.6 Å². The van der Waals surface area contributed by atoms with Gasteiger partial charge in [0.15, 0.2) is 11.5 Å². The summed E-state index contributed by atoms with van der Waals surface area (Å²) in [6.07, 6.45) is 1.92. The predicted octanol–water partition coefficient (Wildman–Crippen LogP) is 4.65. The van der Waals surface area contributed by atoms with Crippen LogP contribution in [0.5, 0.6) is 0 Å². The number of fused-ring (bicyclic) bond motifs is 1. The maximum Gasteiger partial charge on any atom is 0.234 e. The zero-order chi connectivity index (χ0) is 19.5. The minimum atomic E-state index is -0.00196. The lowest BCUT2D eigenvalue weighted by atomic mass is 9.97. The molecule has 1 saturated heterocycles. The van der Waals surface area contributed by atoms with Gasteiger partial charge in [0.25, 0.3) is 0 Å². The summed E-state index contributed by atoms with van der Waals surface area (Å²) in [5, 5.41) is 3.10. The molecule has 28 heavy (non-hydrogen) atoms. The van der Waals surface area contributed by atoms with Crippen molar-refractivity contribution in [1.29, 1.82) is 0 Å². The molecule has 1 amide bonds. The normalized spacial score (nSPS) is 16.9. The first-order valence-corrected chi connectivity index (χ1v) is 10.5. The molecule has 1 aliphatic heterocycles. The van der Waals surface area contributed by atoms with Gasteiger partial charge in [-0.15, -0.1) is 0 Å². The number of carbonyl (C=O) groups is 1. The Kier molecular flexibility index (Phi) is 5.78. The van der Waals surface area contributed by atoms with Crippen LogP contribution >= 0.6 is 15.9 Å². The van der Waals surface area contributed by atoms with Crippen LogP contribution in [0.2, 0.25) is 0 Å². The number of aromatic nitrogens is 1. The maximum absolute atomic E-state index is 12.4. The quantitative estimate of drug-likeness (QED) is 0.625. The van der Waals surface area contributed by atoms with Crippen LogP contribution in [0.1, 0.15) is 43.2 Å². The van der Waals surface area contributed by atoms with Crippen molar-refractivity contribution in [2.24, 2.45) is 0 Å². The molecule has 0 spiro atoms. The van der Waals surface area contributed by atoms with Crippen LogP contribution in [-0.2, 0) is 4.79 Å². The third-order valence-corrected chi connectivity index (χ3v) is 5.89. The molecule has 1 fully saturated rings. The van der Waals surface area contributed by atoms with Crippen molar-refractivity contribution in [3.05, 3.63) is 64.5 Å². The third-order valence-electron chi connectivity index (χ3n) is 5.36. The van der Waals surface area contributed by atoms with Gasteiger partial charge in [-0.2, -0.15) is 0 Å². The van der Waals surface area contributed by atoms with Crippen LogP contribution < -0.4 is 5.32 Å². The lowest BCUT2D eigenvalue weighted by Gasteiger charge is -2.30. The smallest absolute Gasteiger partial charge is 0.234 e. The first kappa shape index (κ1) is 19.2. The van der Waals surface area contributed by atoms with Gasteiger partial charge in [0.1, 0.15) is 5.52 Å². The SMILES string of the molecule is CC(NC(=O)CN1CCC(c2nc3ccccc3o2)CC1)c1ccc(Br)cc1. The van der Waals surface area contributed by atoms with Gasteiger partial charge in [-0.05, 0) is 62.7 Å². The fourth-order valence-electron chi connectivity index (χ4n) is 3.73. The number of piperidine rings is 1. The number of hydrogen-bond donors (Lipinski definition) is 1. The number of benzene rings is 2. The predicted molar refractivity (Wildman–Crippen MR) is 113 cm³/mol. The molecule has 5 nitrogen and oxygen atoms in total. The molecule has 4 rings (SSSR count). The Hall–Kier alpha value is -2.18. The highest BCUT2D eigenvalue weighted by Crippen LogP contribution is 2.29. The van der Waals surface area contributed by atoms with Gasteiger partial charge in [-0.3, -0.25) is 9.69 Å². The monoisotopic (exact) mass is 441 g/mol. The van der Waals surface area contributed by atoms with Gasteiger partial charge in [-0.25, -0.2) is 4.98 Å². The molecule has 1 atom stereocenters. The zero-order valence-electron chi connectivity index (χ0n) is 15.9. The summed E-state index contributed by atoms with van der Waals surface area (Å²) < 4.78 is 6.96. The van der Waals surface area contributed by atoms with Crippen LogP contribution in [-0.4, -0.2) is 35.4 Å². The Morgan fingerprint density at radius 2 is 1.93 bits per heavy atom. The van der Waals surface area contributed by atoms with Crippen molar-refractivity contribution >= 4 is 32.9 Å². The highest BCUT2D eigenvalue weighted by molar-refractivity contribution is 9.10. The summed E-state index contributed by atoms with van der Waals surface area (Å²) in [7, 11) is 0. The van der Waals surface area contributed by atoms with Crippen LogP contribution in [0.4, 0.5) is 0 Å². The zero-order valence-corrected chi connectivity index (χ0v) is 17.5. The molecule has 0 radical (unpaired) electrons. The van der Waals surface area contributed by atoms with E-state index in [1.807, 2.05) is 55.5 Å². The molecule has 1 aromatic heterocycles. The lowest BCUT2D eigenvalue weighted by Crippen LogP contribution is -2.41. The van der Waals surface area contributed by atoms with Crippen LogP contribution in [0.15, 0.2) is 57.4 Å². The number of rotatable bonds is 5. The summed E-state index contributed by atoms with van der Waals surface area (Å²) >= 11 is 3.44. The number of para-hydroxylation sites is 2. The van der Waals surface area contributed by atoms with Crippen LogP contribution in [0, 0.1) is 0 Å². The summed E-state index contributed by atoms with van der Waals surface area (Å²) in [5.41, 5.74) is 2.87. The number of amides is 1. The minimum absolute atomic E-state index is 0.00196. The molecule has 6 heteroatoms. The number of hydrogen-bond acceptors (Lipinski definition) is 4. The topological polar surface area (TPSA) is 58.4 Å². The molecule has 146 valence electrons. The number of halogens is 1. The first-order valence-electron chi connectivity index (χ1n) is 9.71. The Labute approximate surface area is 173 Å². The molecular weight excluding hydrogens is 418 g/mol. The summed E-state index contributed by atoms with van der Waals surface area (Å²) in [6.45, 7) is 4.20. The fraction of sp³-hybridized carbons (Fsp3) is 0.364. The Balaban J connectivity index is 1.27. The molecule has 1 N–H and O–H groups in total. The number of nitrogens with zero attached hydrogens (tertiary/aromatic N) is 2. The second kappa shape index (κ2) is 8.45. The number of likely N-dealkylation sites (tertiary alicyclic amines) is 1. The van der Waals surface area contributed by atoms with E-state index in [1.165, 1.54) is 0 Å². The summed E-state index contributed by atoms with van der Waals surface area (Å²) in [5.74, 6) is 1.22. The van der Waals surface area contributed by atoms with E-state index >= 15 is 0 Å². The maximum atomic E-state index is 12.4. The number of carbonyl (C=O) groups excluding carboxylic acids is 1. The van der Waals surface area contributed by atoms with E-state index in [0.29, 0.717) is 12.5 Å². The highest BCUT2D eigenvalue weighted by Gasteiger charge is 2.25. The summed E-state index contributed by atoms with van der Waals surface area (Å²) in [4.78, 5) is 19.3. The van der Waals surface area contributed by atoms with Crippen LogP contribution in [0.25, 0.3) is 11.1 Å². The Morgan fingerprint density at radius 1 is 1.21 bits per heavy atom. The van der Waals surface area contributed by atoms with E-state index in [1.54, 1.807) is 0 Å². The molecule has 0 saturated carbocycles. The van der Waals surface area contributed by atoms with Crippen LogP contribution in [0.3, 0.4) is 0 Å². The van der Waals surface area contributed by atoms with E-state index in [4.69, 9.17) is 4.42 Å². The van der Waals surface area contributed by atoms with E-state index in [9.17, 15) is 4.79 Å². The van der Waals surface area contributed by atoms with Gasteiger partial charge in [0.2, 0.25) is 5.91 Å². The van der Waals surface area contributed by atoms with Crippen molar-refractivity contribution in [3.8, 4) is 0 Å². The van der Waals surface area contributed by atoms with Gasteiger partial charge >= 0.3 is 0 Å². The minimum Gasteiger partial charge on any atom is -0.440 e. The number of oxazole rings is 1. The largest absolute Gasteiger partial charge is 0.440 e. The van der Waals surface area contributed by atoms with Crippen molar-refractivity contribution in [1.82, 2.24) is 15.2 Å². The van der Waals surface area contributed by atoms with Crippen molar-refractivity contribution in [2.75, 3.05) is 19.6 Å². The van der Waals surface area contributed by atoms with E-state index in [-0.39, 0.29) is 11.9 Å². The second-order valence-electron chi connectivity index (χ2n) is 7.41. The van der Waals surface area contributed by atoms with Gasteiger partial charge in [-0.1, -0.05) is 40.2 Å². The second-order valence-corrected chi connectivity index (χ2v) is 8.33. The summed E-state index contributed by atoms with van der Waals surface area (Å²) in [6, 6.07) is 15.9. The molecule has 2 heterocycles. The molecular formula is C22H24BrN3O2. The van der Waals surface area contributed by atoms with Crippen molar-refractivity contribution in [3.63, 3.8) is 0 Å². The van der Waals surface area contributed by atoms with E-state index in [0.717, 1.165) is 53.0 Å². The standard InChI is InChI=1S/C22H24BrN3O2/c1-15(16-6-8-18(23)9-7-16)24-21(27)14-26-12-10-17(11-13-26)22-25-19-4-2-3-5-20(19)28-22/h2-9,15,17H,10-14H2,1H3,(H,24,27). The molecule has 1 unspecified atom stereocenters. The Morgan fingerprint density at radius 3 is 2.64 bits per heavy atom. The molecule has 2 aromatic carbocycles. The Bertz CT molecular complexity index is 913. The average Bonchev–Trinajstić information content (AvgIpc) is 3.13. The average molecular weight is 442 g/mol. The van der Waals surface area contributed by atoms with Gasteiger partial charge in [0, 0.05) is 10.4 Å². The molecule has 3 aromatic rings.